The van der Waals surface area contributed by atoms with Gasteiger partial charge in [-0.25, -0.2) is 0 Å². The molecule has 19 heavy (non-hydrogen) atoms. The van der Waals surface area contributed by atoms with Crippen molar-refractivity contribution in [2.45, 2.75) is 54.4 Å². The number of hydrogen-bond acceptors (Lipinski definition) is 2. The van der Waals surface area contributed by atoms with Crippen LogP contribution in [0.2, 0.25) is 0 Å². The Morgan fingerprint density at radius 3 is 2.11 bits per heavy atom. The van der Waals surface area contributed by atoms with Crippen molar-refractivity contribution in [2.24, 2.45) is 5.41 Å². The number of halogens is 2. The van der Waals surface area contributed by atoms with Gasteiger partial charge in [0.1, 0.15) is 0 Å². The first-order chi connectivity index (χ1) is 7.92. The minimum atomic E-state index is -0.785. The molecule has 0 amide bonds. The zero-order chi connectivity index (χ0) is 13.1. The molecule has 5 heteroatoms. The van der Waals surface area contributed by atoms with Gasteiger partial charge in [0.2, 0.25) is 0 Å². The van der Waals surface area contributed by atoms with Crippen molar-refractivity contribution in [1.82, 2.24) is 3.42 Å². The summed E-state index contributed by atoms with van der Waals surface area (Å²) in [5.41, 5.74) is 4.77. The Labute approximate surface area is 142 Å². The zero-order valence-electron chi connectivity index (χ0n) is 12.8. The van der Waals surface area contributed by atoms with E-state index in [1.54, 1.807) is 3.28 Å². The first kappa shape index (κ1) is 22.1. The van der Waals surface area contributed by atoms with Gasteiger partial charge >= 0.3 is 118 Å². The molecule has 0 atom stereocenters. The second kappa shape index (κ2) is 9.74. The summed E-state index contributed by atoms with van der Waals surface area (Å²) in [5.74, 6) is 0. The summed E-state index contributed by atoms with van der Waals surface area (Å²) in [7, 11) is 0. The first-order valence-electron chi connectivity index (χ1n) is 6.45. The minimum absolute atomic E-state index is 0. The van der Waals surface area contributed by atoms with Crippen LogP contribution in [0.4, 0.5) is 0 Å². The average molecular weight is 388 g/mol. The molecule has 0 heterocycles. The van der Waals surface area contributed by atoms with E-state index in [9.17, 15) is 0 Å². The Morgan fingerprint density at radius 1 is 1.11 bits per heavy atom. The van der Waals surface area contributed by atoms with Crippen molar-refractivity contribution in [3.8, 4) is 0 Å². The van der Waals surface area contributed by atoms with E-state index in [4.69, 9.17) is 4.84 Å². The number of rotatable bonds is 6. The number of nitrogens with one attached hydrogen (secondary N) is 1. The second-order valence-corrected chi connectivity index (χ2v) is 7.65. The van der Waals surface area contributed by atoms with Crippen LogP contribution in [0.1, 0.15) is 54.4 Å². The van der Waals surface area contributed by atoms with Crippen LogP contribution in [0.5, 0.6) is 0 Å². The SMILES string of the molecule is CCCCO[NH][Zr][C]1=C(C)C(C)=C(C)C1(C)C.Cl.Cl. The summed E-state index contributed by atoms with van der Waals surface area (Å²) in [4.78, 5) is 5.52. The number of allylic oxidation sites excluding steroid dienone is 4. The van der Waals surface area contributed by atoms with Crippen LogP contribution in [0.25, 0.3) is 0 Å². The van der Waals surface area contributed by atoms with Crippen molar-refractivity contribution in [3.63, 3.8) is 0 Å². The Balaban J connectivity index is 0. The van der Waals surface area contributed by atoms with E-state index in [2.05, 4.69) is 45.0 Å². The molecule has 1 aliphatic carbocycles. The maximum absolute atomic E-state index is 5.52. The van der Waals surface area contributed by atoms with E-state index >= 15 is 0 Å². The molecule has 0 saturated heterocycles. The number of unbranched alkanes of at least 4 members (excludes halogenated alkanes) is 1. The van der Waals surface area contributed by atoms with Crippen LogP contribution in [0.15, 0.2) is 20.0 Å². The van der Waals surface area contributed by atoms with E-state index < -0.39 is 23.5 Å². The predicted molar refractivity (Wildman–Crippen MR) is 83.3 cm³/mol. The predicted octanol–water partition coefficient (Wildman–Crippen LogP) is 4.80. The molecule has 0 aliphatic heterocycles. The van der Waals surface area contributed by atoms with Crippen LogP contribution >= 0.6 is 24.8 Å². The topological polar surface area (TPSA) is 21.3 Å². The Hall–Kier alpha value is 0.863. The normalized spacial score (nSPS) is 17.2. The van der Waals surface area contributed by atoms with Gasteiger partial charge in [-0.05, 0) is 0 Å². The summed E-state index contributed by atoms with van der Waals surface area (Å²) < 4.78 is 4.91. The van der Waals surface area contributed by atoms with Gasteiger partial charge in [-0.2, -0.15) is 0 Å². The monoisotopic (exact) mass is 385 g/mol. The third kappa shape index (κ3) is 5.28. The smallest absolute Gasteiger partial charge is 0.147 e. The molecule has 0 fully saturated rings. The first-order valence-corrected chi connectivity index (χ1v) is 8.91. The molecule has 0 aromatic rings. The molecule has 0 aromatic heterocycles. The van der Waals surface area contributed by atoms with Crippen molar-refractivity contribution in [3.05, 3.63) is 20.0 Å². The average Bonchev–Trinajstić information content (AvgIpc) is 2.43. The Kier molecular flexibility index (Phi) is 11.4. The molecule has 2 nitrogen and oxygen atoms in total. The Morgan fingerprint density at radius 2 is 1.68 bits per heavy atom. The van der Waals surface area contributed by atoms with Crippen molar-refractivity contribution < 1.29 is 28.4 Å². The fourth-order valence-corrected chi connectivity index (χ4v) is 5.03. The molecule has 0 radical (unpaired) electrons. The van der Waals surface area contributed by atoms with Gasteiger partial charge in [-0.3, -0.25) is 0 Å². The third-order valence-electron chi connectivity index (χ3n) is 3.91. The number of hydrogen-bond donors (Lipinski definition) is 1. The molecule has 0 unspecified atom stereocenters. The van der Waals surface area contributed by atoms with Crippen molar-refractivity contribution in [1.29, 1.82) is 0 Å². The summed E-state index contributed by atoms with van der Waals surface area (Å²) in [6.45, 7) is 14.5. The van der Waals surface area contributed by atoms with E-state index in [1.165, 1.54) is 23.1 Å². The second-order valence-electron chi connectivity index (χ2n) is 5.30. The van der Waals surface area contributed by atoms with Gasteiger partial charge < -0.3 is 0 Å². The van der Waals surface area contributed by atoms with Gasteiger partial charge in [0.25, 0.3) is 0 Å². The van der Waals surface area contributed by atoms with E-state index in [0.717, 1.165) is 13.0 Å². The Bertz CT molecular complexity index is 351. The van der Waals surface area contributed by atoms with Crippen molar-refractivity contribution >= 4 is 24.8 Å². The van der Waals surface area contributed by atoms with E-state index in [1.807, 2.05) is 0 Å². The molecule has 1 N–H and O–H groups in total. The van der Waals surface area contributed by atoms with Gasteiger partial charge in [0.15, 0.2) is 0 Å². The summed E-state index contributed by atoms with van der Waals surface area (Å²) in [6.07, 6.45) is 2.34. The van der Waals surface area contributed by atoms with Gasteiger partial charge in [0.05, 0.1) is 0 Å². The van der Waals surface area contributed by atoms with Crippen LogP contribution < -0.4 is 3.42 Å². The molecule has 1 rings (SSSR count). The van der Waals surface area contributed by atoms with Crippen LogP contribution in [-0.4, -0.2) is 6.61 Å². The molecular weight excluding hydrogens is 360 g/mol. The largest absolute Gasteiger partial charge is 0.147 e. The van der Waals surface area contributed by atoms with Crippen LogP contribution in [0, 0.1) is 5.41 Å². The maximum Gasteiger partial charge on any atom is -0.147 e. The van der Waals surface area contributed by atoms with Crippen LogP contribution in [-0.2, 0) is 28.4 Å². The quantitative estimate of drug-likeness (QED) is 0.522. The maximum atomic E-state index is 5.52. The molecule has 0 aromatic carbocycles. The fourth-order valence-electron chi connectivity index (χ4n) is 2.20. The zero-order valence-corrected chi connectivity index (χ0v) is 16.9. The molecule has 0 bridgehead atoms. The molecule has 112 valence electrons. The summed E-state index contributed by atoms with van der Waals surface area (Å²) in [6, 6.07) is 0. The summed E-state index contributed by atoms with van der Waals surface area (Å²) >= 11 is -0.785. The van der Waals surface area contributed by atoms with Crippen molar-refractivity contribution in [2.75, 3.05) is 6.61 Å². The molecule has 0 saturated carbocycles. The molecule has 0 spiro atoms. The molecular formula is C14H27Cl2NOZr. The van der Waals surface area contributed by atoms with Crippen LogP contribution in [0.3, 0.4) is 0 Å². The summed E-state index contributed by atoms with van der Waals surface area (Å²) in [5, 5.41) is 0. The van der Waals surface area contributed by atoms with E-state index in [-0.39, 0.29) is 30.2 Å². The fraction of sp³-hybridized carbons (Fsp3) is 0.714. The van der Waals surface area contributed by atoms with E-state index in [0.29, 0.717) is 0 Å². The standard InChI is InChI=1S/C10H15.C4H10NO.2ClH.Zr/c1-7-6-10(4,5)9(3)8(7)2;1-2-3-4-6-5;;;/h1-5H3;5H,2-4H2,1H3;2*1H;/q;-1;;;+1. The van der Waals surface area contributed by atoms with Gasteiger partial charge in [-0.15, -0.1) is 24.8 Å². The van der Waals surface area contributed by atoms with Gasteiger partial charge in [-0.1, -0.05) is 0 Å². The third-order valence-corrected chi connectivity index (χ3v) is 7.59. The minimum Gasteiger partial charge on any atom is -0.147 e. The van der Waals surface area contributed by atoms with Gasteiger partial charge in [0, 0.05) is 0 Å². The molecule has 1 aliphatic rings.